The van der Waals surface area contributed by atoms with E-state index in [2.05, 4.69) is 0 Å². The van der Waals surface area contributed by atoms with Gasteiger partial charge in [-0.05, 0) is 0 Å². The van der Waals surface area contributed by atoms with Crippen LogP contribution >= 0.6 is 0 Å². The number of hydrogen-bond acceptors (Lipinski definition) is 3. The SMILES string of the molecule is C.C.C.O=O.[O]=[Zn]. The summed E-state index contributed by atoms with van der Waals surface area (Å²) < 4.78 is 8.38. The second kappa shape index (κ2) is 278000. The van der Waals surface area contributed by atoms with Gasteiger partial charge in [-0.25, -0.2) is 0 Å². The van der Waals surface area contributed by atoms with Crippen LogP contribution in [0.2, 0.25) is 0 Å². The molecule has 0 aromatic heterocycles. The van der Waals surface area contributed by atoms with Crippen LogP contribution in [0.15, 0.2) is 0 Å². The minimum atomic E-state index is 0. The maximum absolute atomic E-state index is 8.38. The van der Waals surface area contributed by atoms with Gasteiger partial charge in [-0.2, -0.15) is 0 Å². The van der Waals surface area contributed by atoms with E-state index in [4.69, 9.17) is 13.5 Å². The zero-order valence-corrected chi connectivity index (χ0v) is 4.90. The molecule has 0 aromatic carbocycles. The Labute approximate surface area is 54.7 Å². The van der Waals surface area contributed by atoms with Gasteiger partial charge >= 0.3 is 21.8 Å². The van der Waals surface area contributed by atoms with Gasteiger partial charge in [0, 0.05) is 9.93 Å². The van der Waals surface area contributed by atoms with Crippen molar-refractivity contribution in [3.63, 3.8) is 0 Å². The molecule has 0 bridgehead atoms. The van der Waals surface area contributed by atoms with E-state index in [0.717, 1.165) is 0 Å². The predicted molar refractivity (Wildman–Crippen MR) is 27.6 cm³/mol. The van der Waals surface area contributed by atoms with Crippen molar-refractivity contribution in [3.05, 3.63) is 9.93 Å². The molecule has 7 heavy (non-hydrogen) atoms. The van der Waals surface area contributed by atoms with Crippen LogP contribution in [0, 0.1) is 9.93 Å². The first-order valence-corrected chi connectivity index (χ1v) is 1.67. The van der Waals surface area contributed by atoms with Crippen molar-refractivity contribution >= 4 is 0 Å². The third kappa shape index (κ3) is 178000. The average molecular weight is 162 g/mol. The maximum atomic E-state index is 8.38. The summed E-state index contributed by atoms with van der Waals surface area (Å²) in [6.07, 6.45) is 0. The molecule has 0 heterocycles. The van der Waals surface area contributed by atoms with Crippen molar-refractivity contribution in [1.82, 2.24) is 0 Å². The van der Waals surface area contributed by atoms with Crippen molar-refractivity contribution < 1.29 is 21.8 Å². The van der Waals surface area contributed by atoms with E-state index in [1.54, 1.807) is 0 Å². The van der Waals surface area contributed by atoms with Gasteiger partial charge < -0.3 is 0 Å². The van der Waals surface area contributed by atoms with Gasteiger partial charge in [0.2, 0.25) is 0 Å². The zero-order valence-electron chi connectivity index (χ0n) is 1.93. The fourth-order valence-electron chi connectivity index (χ4n) is 0. The molecule has 0 rings (SSSR count). The molecule has 0 atom stereocenters. The van der Waals surface area contributed by atoms with Crippen molar-refractivity contribution in [2.45, 2.75) is 22.3 Å². The Morgan fingerprint density at radius 1 is 0.714 bits per heavy atom. The molecule has 0 aliphatic rings. The third-order valence-corrected chi connectivity index (χ3v) is 0. The van der Waals surface area contributed by atoms with Gasteiger partial charge in [-0.15, -0.1) is 0 Å². The number of hydrogen-bond donors (Lipinski definition) is 0. The Kier molecular flexibility index (Phi) is 2470000. The fourth-order valence-corrected chi connectivity index (χ4v) is 0. The van der Waals surface area contributed by atoms with Crippen LogP contribution in [-0.4, -0.2) is 0 Å². The Hall–Kier alpha value is 0.0234. The van der Waals surface area contributed by atoms with Crippen molar-refractivity contribution in [1.29, 1.82) is 0 Å². The molecule has 0 unspecified atom stereocenters. The van der Waals surface area contributed by atoms with Gasteiger partial charge in [-0.1, -0.05) is 22.3 Å². The van der Waals surface area contributed by atoms with E-state index in [0.29, 0.717) is 0 Å². The van der Waals surface area contributed by atoms with E-state index in [9.17, 15) is 0 Å². The van der Waals surface area contributed by atoms with E-state index in [1.807, 2.05) is 0 Å². The second-order valence-corrected chi connectivity index (χ2v) is 0. The summed E-state index contributed by atoms with van der Waals surface area (Å²) in [5.41, 5.74) is 0. The van der Waals surface area contributed by atoms with Crippen LogP contribution in [0.1, 0.15) is 22.3 Å². The average Bonchev–Trinajstić information content (AvgIpc) is 1.50. The Morgan fingerprint density at radius 3 is 0.714 bits per heavy atom. The normalized spacial score (nSPS) is 1.43. The van der Waals surface area contributed by atoms with Gasteiger partial charge in [-0.3, -0.25) is 0 Å². The Morgan fingerprint density at radius 2 is 0.714 bits per heavy atom. The molecule has 4 heteroatoms. The molecule has 0 saturated heterocycles. The quantitative estimate of drug-likeness (QED) is 0.510. The van der Waals surface area contributed by atoms with Gasteiger partial charge in [0.25, 0.3) is 0 Å². The molecular weight excluding hydrogens is 149 g/mol. The van der Waals surface area contributed by atoms with E-state index in [1.165, 1.54) is 0 Å². The number of rotatable bonds is 0. The molecule has 0 fully saturated rings. The first kappa shape index (κ1) is 62.2. The summed E-state index contributed by atoms with van der Waals surface area (Å²) in [5, 5.41) is 0. The van der Waals surface area contributed by atoms with Crippen LogP contribution in [0.5, 0.6) is 0 Å². The van der Waals surface area contributed by atoms with Crippen molar-refractivity contribution in [2.75, 3.05) is 0 Å². The van der Waals surface area contributed by atoms with Crippen LogP contribution in [0.25, 0.3) is 0 Å². The van der Waals surface area contributed by atoms with Crippen LogP contribution < -0.4 is 0 Å². The molecule has 44 valence electrons. The summed E-state index contributed by atoms with van der Waals surface area (Å²) in [6.45, 7) is 0. The molecule has 0 N–H and O–H groups in total. The van der Waals surface area contributed by atoms with Crippen molar-refractivity contribution in [3.8, 4) is 0 Å². The van der Waals surface area contributed by atoms with Crippen LogP contribution in [-0.2, 0) is 21.8 Å². The topological polar surface area (TPSA) is 51.2 Å². The molecule has 0 aliphatic heterocycles. The molecular formula is C3H12O3Zn. The summed E-state index contributed by atoms with van der Waals surface area (Å²) in [5.74, 6) is 0. The van der Waals surface area contributed by atoms with Gasteiger partial charge in [0.15, 0.2) is 0 Å². The van der Waals surface area contributed by atoms with Crippen LogP contribution in [0.4, 0.5) is 0 Å². The third-order valence-electron chi connectivity index (χ3n) is 0. The standard InChI is InChI=1S/3CH4.O2.O.Zn/c;;;1-2;;/h3*1H4;;;. The Bertz CT molecular complexity index is 12.1. The van der Waals surface area contributed by atoms with E-state index < -0.39 is 0 Å². The monoisotopic (exact) mass is 160 g/mol. The molecule has 0 aliphatic carbocycles. The molecule has 0 spiro atoms. The Balaban J connectivity index is -0.00000000267. The molecule has 0 aromatic rings. The molecule has 0 radical (unpaired) electrons. The summed E-state index contributed by atoms with van der Waals surface area (Å²) in [4.78, 5) is 14.0. The zero-order chi connectivity index (χ0) is 4.00. The molecule has 0 amide bonds. The fraction of sp³-hybridized carbons (Fsp3) is 1.00. The summed E-state index contributed by atoms with van der Waals surface area (Å²) >= 11 is 0.125. The first-order valence-electron chi connectivity index (χ1n) is 0.455. The minimum absolute atomic E-state index is 0. The summed E-state index contributed by atoms with van der Waals surface area (Å²) in [7, 11) is 0. The molecule has 0 saturated carbocycles. The van der Waals surface area contributed by atoms with E-state index >= 15 is 0 Å². The van der Waals surface area contributed by atoms with Gasteiger partial charge in [0.1, 0.15) is 0 Å². The van der Waals surface area contributed by atoms with E-state index in [-0.39, 0.29) is 40.5 Å². The first-order chi connectivity index (χ1) is 2.00. The van der Waals surface area contributed by atoms with Crippen LogP contribution in [0.3, 0.4) is 0 Å². The van der Waals surface area contributed by atoms with Gasteiger partial charge in [0.05, 0.1) is 0 Å². The summed E-state index contributed by atoms with van der Waals surface area (Å²) in [6, 6.07) is 0. The van der Waals surface area contributed by atoms with Crippen molar-refractivity contribution in [2.24, 2.45) is 0 Å². The predicted octanol–water partition coefficient (Wildman–Crippen LogP) is 1.85. The second-order valence-electron chi connectivity index (χ2n) is 0. The molecule has 3 nitrogen and oxygen atoms in total.